The van der Waals surface area contributed by atoms with Gasteiger partial charge >= 0.3 is 0 Å². The Morgan fingerprint density at radius 3 is 2.42 bits per heavy atom. The summed E-state index contributed by atoms with van der Waals surface area (Å²) < 4.78 is 0. The zero-order valence-electron chi connectivity index (χ0n) is 13.8. The van der Waals surface area contributed by atoms with Crippen LogP contribution in [0.3, 0.4) is 0 Å². The molecule has 2 aliphatic rings. The molecule has 2 unspecified atom stereocenters. The number of benzene rings is 2. The van der Waals surface area contributed by atoms with Crippen molar-refractivity contribution >= 4 is 24.8 Å². The number of hydrogen-bond donors (Lipinski definition) is 1. The lowest BCUT2D eigenvalue weighted by Crippen LogP contribution is -2.50. The van der Waals surface area contributed by atoms with Crippen LogP contribution in [0.4, 0.5) is 0 Å². The Morgan fingerprint density at radius 1 is 0.917 bits per heavy atom. The molecule has 1 N–H and O–H groups in total. The normalized spacial score (nSPS) is 23.4. The zero-order valence-corrected chi connectivity index (χ0v) is 15.4. The molecule has 0 bridgehead atoms. The van der Waals surface area contributed by atoms with Gasteiger partial charge in [0.05, 0.1) is 0 Å². The number of aromatic hydroxyl groups is 1. The lowest BCUT2D eigenvalue weighted by molar-refractivity contribution is 0.0766. The Morgan fingerprint density at radius 2 is 1.67 bits per heavy atom. The van der Waals surface area contributed by atoms with E-state index in [1.807, 2.05) is 12.1 Å². The van der Waals surface area contributed by atoms with E-state index in [0.29, 0.717) is 11.8 Å². The van der Waals surface area contributed by atoms with Crippen LogP contribution in [0.25, 0.3) is 0 Å². The first-order valence-corrected chi connectivity index (χ1v) is 8.03. The molecule has 2 atom stereocenters. The van der Waals surface area contributed by atoms with Crippen LogP contribution in [0, 0.1) is 0 Å². The van der Waals surface area contributed by atoms with Crippen LogP contribution < -0.4 is 0 Å². The number of phenols is 1. The molecular weight excluding hydrogens is 343 g/mol. The Labute approximate surface area is 156 Å². The molecule has 2 aromatic carbocycles. The number of piperazine rings is 1. The lowest BCUT2D eigenvalue weighted by Gasteiger charge is -2.46. The van der Waals surface area contributed by atoms with Crippen molar-refractivity contribution in [2.24, 2.45) is 0 Å². The van der Waals surface area contributed by atoms with Crippen LogP contribution in [-0.2, 0) is 0 Å². The minimum atomic E-state index is 0. The van der Waals surface area contributed by atoms with Crippen molar-refractivity contribution in [2.75, 3.05) is 33.2 Å². The first-order chi connectivity index (χ1) is 10.7. The predicted octanol–water partition coefficient (Wildman–Crippen LogP) is 3.67. The van der Waals surface area contributed by atoms with Crippen LogP contribution in [0.1, 0.15) is 28.7 Å². The standard InChI is InChI=1S/C19H22N2O.2ClH/c1-20-10-11-21-12-16(14-6-3-2-4-7-14)19-15(17(21)13-20)8-5-9-18(19)22;;/h2-9,16-17,22H,10-13H2,1H3;2*1H. The topological polar surface area (TPSA) is 26.7 Å². The molecule has 24 heavy (non-hydrogen) atoms. The Hall–Kier alpha value is -1.26. The highest BCUT2D eigenvalue weighted by Gasteiger charge is 2.37. The first kappa shape index (κ1) is 19.1. The van der Waals surface area contributed by atoms with Crippen molar-refractivity contribution in [1.29, 1.82) is 0 Å². The van der Waals surface area contributed by atoms with Crippen molar-refractivity contribution in [1.82, 2.24) is 9.80 Å². The molecule has 4 rings (SSSR count). The number of hydrogen-bond acceptors (Lipinski definition) is 3. The van der Waals surface area contributed by atoms with Gasteiger partial charge in [-0.05, 0) is 24.2 Å². The Balaban J connectivity index is 0.00000104. The molecule has 2 aromatic rings. The molecular formula is C19H24Cl2N2O. The van der Waals surface area contributed by atoms with Crippen LogP contribution >= 0.6 is 24.8 Å². The average molecular weight is 367 g/mol. The summed E-state index contributed by atoms with van der Waals surface area (Å²) in [6.45, 7) is 4.25. The molecule has 0 amide bonds. The monoisotopic (exact) mass is 366 g/mol. The van der Waals surface area contributed by atoms with E-state index in [4.69, 9.17) is 0 Å². The molecule has 5 heteroatoms. The van der Waals surface area contributed by atoms with Crippen molar-refractivity contribution in [3.05, 3.63) is 65.2 Å². The second-order valence-corrected chi connectivity index (χ2v) is 6.52. The summed E-state index contributed by atoms with van der Waals surface area (Å²) in [5.41, 5.74) is 3.72. The second-order valence-electron chi connectivity index (χ2n) is 6.52. The molecule has 0 saturated carbocycles. The maximum absolute atomic E-state index is 10.5. The van der Waals surface area contributed by atoms with Gasteiger partial charge in [0.15, 0.2) is 0 Å². The van der Waals surface area contributed by atoms with Crippen LogP contribution in [0.15, 0.2) is 48.5 Å². The number of likely N-dealkylation sites (N-methyl/N-ethyl adjacent to an activating group) is 1. The van der Waals surface area contributed by atoms with Gasteiger partial charge in [-0.3, -0.25) is 4.90 Å². The second kappa shape index (κ2) is 7.75. The third-order valence-corrected chi connectivity index (χ3v) is 5.14. The molecule has 1 fully saturated rings. The van der Waals surface area contributed by atoms with Gasteiger partial charge in [-0.1, -0.05) is 42.5 Å². The zero-order chi connectivity index (χ0) is 15.1. The maximum atomic E-state index is 10.5. The highest BCUT2D eigenvalue weighted by Crippen LogP contribution is 2.44. The quantitative estimate of drug-likeness (QED) is 0.833. The Kier molecular flexibility index (Phi) is 6.16. The van der Waals surface area contributed by atoms with Gasteiger partial charge in [0, 0.05) is 43.7 Å². The fraction of sp³-hybridized carbons (Fsp3) is 0.368. The van der Waals surface area contributed by atoms with Crippen LogP contribution in [-0.4, -0.2) is 48.1 Å². The molecule has 2 heterocycles. The summed E-state index contributed by atoms with van der Waals surface area (Å²) in [5.74, 6) is 0.705. The van der Waals surface area contributed by atoms with Gasteiger partial charge in [0.25, 0.3) is 0 Å². The molecule has 2 aliphatic heterocycles. The van der Waals surface area contributed by atoms with Crippen molar-refractivity contribution in [3.8, 4) is 5.75 Å². The predicted molar refractivity (Wildman–Crippen MR) is 103 cm³/mol. The Bertz CT molecular complexity index is 680. The number of fused-ring (bicyclic) bond motifs is 3. The van der Waals surface area contributed by atoms with Gasteiger partial charge in [0.1, 0.15) is 5.75 Å². The minimum Gasteiger partial charge on any atom is -0.508 e. The van der Waals surface area contributed by atoms with E-state index in [1.54, 1.807) is 0 Å². The molecule has 130 valence electrons. The number of rotatable bonds is 1. The smallest absolute Gasteiger partial charge is 0.119 e. The summed E-state index contributed by atoms with van der Waals surface area (Å²) in [4.78, 5) is 4.97. The van der Waals surface area contributed by atoms with Crippen molar-refractivity contribution in [3.63, 3.8) is 0 Å². The molecule has 0 aromatic heterocycles. The van der Waals surface area contributed by atoms with Gasteiger partial charge in [-0.2, -0.15) is 0 Å². The van der Waals surface area contributed by atoms with E-state index in [1.165, 1.54) is 11.1 Å². The fourth-order valence-corrected chi connectivity index (χ4v) is 3.99. The van der Waals surface area contributed by atoms with Gasteiger partial charge < -0.3 is 10.0 Å². The van der Waals surface area contributed by atoms with Gasteiger partial charge in [-0.15, -0.1) is 24.8 Å². The number of phenolic OH excluding ortho intramolecular Hbond substituents is 1. The van der Waals surface area contributed by atoms with E-state index in [0.717, 1.165) is 31.7 Å². The highest BCUT2D eigenvalue weighted by molar-refractivity contribution is 5.85. The van der Waals surface area contributed by atoms with Crippen LogP contribution in [0.5, 0.6) is 5.75 Å². The van der Waals surface area contributed by atoms with E-state index in [2.05, 4.69) is 53.2 Å². The minimum absolute atomic E-state index is 0. The largest absolute Gasteiger partial charge is 0.508 e. The summed E-state index contributed by atoms with van der Waals surface area (Å²) >= 11 is 0. The lowest BCUT2D eigenvalue weighted by atomic mass is 9.80. The summed E-state index contributed by atoms with van der Waals surface area (Å²) in [7, 11) is 2.18. The maximum Gasteiger partial charge on any atom is 0.119 e. The van der Waals surface area contributed by atoms with E-state index in [-0.39, 0.29) is 30.7 Å². The van der Waals surface area contributed by atoms with Gasteiger partial charge in [0.2, 0.25) is 0 Å². The molecule has 3 nitrogen and oxygen atoms in total. The molecule has 0 aliphatic carbocycles. The SMILES string of the molecule is CN1CCN2CC(c3ccccc3)c3c(O)cccc3C2C1.Cl.Cl. The fourth-order valence-electron chi connectivity index (χ4n) is 3.99. The van der Waals surface area contributed by atoms with E-state index >= 15 is 0 Å². The molecule has 0 radical (unpaired) electrons. The van der Waals surface area contributed by atoms with Crippen LogP contribution in [0.2, 0.25) is 0 Å². The summed E-state index contributed by atoms with van der Waals surface area (Å²) in [6, 6.07) is 17.0. The van der Waals surface area contributed by atoms with Crippen molar-refractivity contribution in [2.45, 2.75) is 12.0 Å². The average Bonchev–Trinajstić information content (AvgIpc) is 2.55. The number of nitrogens with zero attached hydrogens (tertiary/aromatic N) is 2. The van der Waals surface area contributed by atoms with Gasteiger partial charge in [-0.25, -0.2) is 0 Å². The highest BCUT2D eigenvalue weighted by atomic mass is 35.5. The third-order valence-electron chi connectivity index (χ3n) is 5.14. The first-order valence-electron chi connectivity index (χ1n) is 8.03. The number of halogens is 2. The summed E-state index contributed by atoms with van der Waals surface area (Å²) in [5, 5.41) is 10.5. The molecule has 0 spiro atoms. The van der Waals surface area contributed by atoms with E-state index in [9.17, 15) is 5.11 Å². The third kappa shape index (κ3) is 3.27. The van der Waals surface area contributed by atoms with Crippen molar-refractivity contribution < 1.29 is 5.11 Å². The van der Waals surface area contributed by atoms with E-state index < -0.39 is 0 Å². The molecule has 1 saturated heterocycles. The summed E-state index contributed by atoms with van der Waals surface area (Å²) in [6.07, 6.45) is 0.